The Morgan fingerprint density at radius 1 is 1.21 bits per heavy atom. The van der Waals surface area contributed by atoms with E-state index < -0.39 is 15.9 Å². The van der Waals surface area contributed by atoms with Crippen LogP contribution in [0.25, 0.3) is 0 Å². The van der Waals surface area contributed by atoms with Gasteiger partial charge < -0.3 is 10.1 Å². The zero-order chi connectivity index (χ0) is 21.0. The number of hydrogen-bond donors (Lipinski definition) is 1. The highest BCUT2D eigenvalue weighted by Gasteiger charge is 2.26. The van der Waals surface area contributed by atoms with Crippen molar-refractivity contribution in [1.82, 2.24) is 8.87 Å². The van der Waals surface area contributed by atoms with E-state index in [9.17, 15) is 18.0 Å². The molecule has 1 amide bonds. The number of nitrogens with zero attached hydrogens (tertiary/aromatic N) is 2. The molecule has 1 aromatic heterocycles. The Morgan fingerprint density at radius 2 is 1.90 bits per heavy atom. The third-order valence-corrected chi connectivity index (χ3v) is 7.70. The van der Waals surface area contributed by atoms with Gasteiger partial charge >= 0.3 is 4.87 Å². The number of nitrogens with one attached hydrogen (secondary N) is 1. The Kier molecular flexibility index (Phi) is 6.76. The topological polar surface area (TPSA) is 97.7 Å². The number of hydrogen-bond acceptors (Lipinski definition) is 6. The van der Waals surface area contributed by atoms with Crippen LogP contribution in [0.3, 0.4) is 0 Å². The maximum Gasteiger partial charge on any atom is 0.307 e. The summed E-state index contributed by atoms with van der Waals surface area (Å²) >= 11 is 1.03. The molecule has 29 heavy (non-hydrogen) atoms. The molecule has 1 fully saturated rings. The fraction of sp³-hybridized carbons (Fsp3) is 0.474. The minimum atomic E-state index is -3.66. The van der Waals surface area contributed by atoms with Crippen LogP contribution >= 0.6 is 11.3 Å². The summed E-state index contributed by atoms with van der Waals surface area (Å²) in [5.74, 6) is -0.0845. The maximum absolute atomic E-state index is 13.1. The van der Waals surface area contributed by atoms with Crippen LogP contribution in [0.15, 0.2) is 33.3 Å². The van der Waals surface area contributed by atoms with Crippen molar-refractivity contribution in [3.05, 3.63) is 38.9 Å². The molecule has 1 aliphatic rings. The Morgan fingerprint density at radius 3 is 2.48 bits per heavy atom. The molecule has 0 radical (unpaired) electrons. The summed E-state index contributed by atoms with van der Waals surface area (Å²) in [7, 11) is -2.21. The van der Waals surface area contributed by atoms with E-state index in [-0.39, 0.29) is 22.0 Å². The summed E-state index contributed by atoms with van der Waals surface area (Å²) < 4.78 is 34.2. The zero-order valence-electron chi connectivity index (χ0n) is 16.5. The first-order valence-electron chi connectivity index (χ1n) is 9.46. The molecule has 1 aromatic carbocycles. The molecular weight excluding hydrogens is 414 g/mol. The molecule has 1 saturated heterocycles. The van der Waals surface area contributed by atoms with Gasteiger partial charge in [-0.3, -0.25) is 14.2 Å². The molecule has 0 bridgehead atoms. The van der Waals surface area contributed by atoms with E-state index in [0.717, 1.165) is 37.0 Å². The summed E-state index contributed by atoms with van der Waals surface area (Å²) in [6, 6.07) is 4.44. The van der Waals surface area contributed by atoms with Crippen molar-refractivity contribution in [2.75, 3.05) is 25.5 Å². The fourth-order valence-electron chi connectivity index (χ4n) is 3.31. The maximum atomic E-state index is 13.1. The summed E-state index contributed by atoms with van der Waals surface area (Å²) in [5, 5.41) is 4.37. The number of thiazole rings is 1. The predicted octanol–water partition coefficient (Wildman–Crippen LogP) is 2.43. The number of carbonyl (C=O) groups is 1. The molecule has 2 heterocycles. The third-order valence-electron chi connectivity index (χ3n) is 4.93. The first kappa shape index (κ1) is 21.5. The van der Waals surface area contributed by atoms with Gasteiger partial charge in [0.2, 0.25) is 15.9 Å². The standard InChI is InChI=1S/C19H25N3O5S2/c1-14-13-28-19(24)22(14)12-18(23)20-16-11-15(7-8-17(16)27-2)29(25,26)21-9-5-3-4-6-10-21/h7-8,11,13H,3-6,9-10,12H2,1-2H3,(H,20,23). The fourth-order valence-corrected chi connectivity index (χ4v) is 5.58. The van der Waals surface area contributed by atoms with E-state index in [1.54, 1.807) is 12.3 Å². The van der Waals surface area contributed by atoms with Crippen molar-refractivity contribution >= 4 is 33.0 Å². The second-order valence-corrected chi connectivity index (χ2v) is 9.72. The second-order valence-electron chi connectivity index (χ2n) is 6.96. The highest BCUT2D eigenvalue weighted by molar-refractivity contribution is 7.89. The number of amides is 1. The molecule has 2 aromatic rings. The van der Waals surface area contributed by atoms with Gasteiger partial charge in [-0.25, -0.2) is 8.42 Å². The normalized spacial score (nSPS) is 15.7. The molecular formula is C19H25N3O5S2. The van der Waals surface area contributed by atoms with Crippen LogP contribution in [-0.4, -0.2) is 43.4 Å². The average molecular weight is 440 g/mol. The molecule has 3 rings (SSSR count). The lowest BCUT2D eigenvalue weighted by atomic mass is 10.2. The highest BCUT2D eigenvalue weighted by Crippen LogP contribution is 2.30. The lowest BCUT2D eigenvalue weighted by molar-refractivity contribution is -0.116. The first-order chi connectivity index (χ1) is 13.8. The predicted molar refractivity (Wildman–Crippen MR) is 112 cm³/mol. The number of ether oxygens (including phenoxy) is 1. The van der Waals surface area contributed by atoms with Crippen LogP contribution in [0.2, 0.25) is 0 Å². The molecule has 10 heteroatoms. The summed E-state index contributed by atoms with van der Waals surface area (Å²) in [6.07, 6.45) is 3.73. The smallest absolute Gasteiger partial charge is 0.307 e. The summed E-state index contributed by atoms with van der Waals surface area (Å²) in [4.78, 5) is 24.2. The number of benzene rings is 1. The molecule has 158 valence electrons. The molecule has 0 atom stereocenters. The van der Waals surface area contributed by atoms with E-state index in [4.69, 9.17) is 4.74 Å². The lowest BCUT2D eigenvalue weighted by Crippen LogP contribution is -2.32. The van der Waals surface area contributed by atoms with Gasteiger partial charge in [-0.1, -0.05) is 24.2 Å². The van der Waals surface area contributed by atoms with Gasteiger partial charge in [0.05, 0.1) is 17.7 Å². The number of rotatable bonds is 6. The van der Waals surface area contributed by atoms with Crippen molar-refractivity contribution in [2.45, 2.75) is 44.0 Å². The Hall–Kier alpha value is -2.17. The molecule has 0 spiro atoms. The van der Waals surface area contributed by atoms with Crippen LogP contribution in [0.1, 0.15) is 31.4 Å². The third kappa shape index (κ3) is 4.88. The number of methoxy groups -OCH3 is 1. The van der Waals surface area contributed by atoms with E-state index in [1.807, 2.05) is 0 Å². The molecule has 1 aliphatic heterocycles. The summed E-state index contributed by atoms with van der Waals surface area (Å²) in [6.45, 7) is 2.59. The number of aryl methyl sites for hydroxylation is 1. The van der Waals surface area contributed by atoms with E-state index >= 15 is 0 Å². The van der Waals surface area contributed by atoms with Crippen LogP contribution in [0, 0.1) is 6.92 Å². The van der Waals surface area contributed by atoms with Gasteiger partial charge in [0.15, 0.2) is 0 Å². The summed E-state index contributed by atoms with van der Waals surface area (Å²) in [5.41, 5.74) is 0.953. The van der Waals surface area contributed by atoms with Crippen LogP contribution < -0.4 is 14.9 Å². The van der Waals surface area contributed by atoms with Gasteiger partial charge in [-0.2, -0.15) is 4.31 Å². The van der Waals surface area contributed by atoms with Gasteiger partial charge in [-0.15, -0.1) is 0 Å². The Bertz CT molecular complexity index is 1030. The van der Waals surface area contributed by atoms with Gasteiger partial charge in [0.25, 0.3) is 0 Å². The van der Waals surface area contributed by atoms with Crippen molar-refractivity contribution in [1.29, 1.82) is 0 Å². The number of anilines is 1. The highest BCUT2D eigenvalue weighted by atomic mass is 32.2. The zero-order valence-corrected chi connectivity index (χ0v) is 18.1. The van der Waals surface area contributed by atoms with Crippen LogP contribution in [-0.2, 0) is 21.4 Å². The second kappa shape index (κ2) is 9.10. The minimum Gasteiger partial charge on any atom is -0.495 e. The monoisotopic (exact) mass is 439 g/mol. The van der Waals surface area contributed by atoms with Gasteiger partial charge in [-0.05, 0) is 38.0 Å². The molecule has 1 N–H and O–H groups in total. The van der Waals surface area contributed by atoms with E-state index in [2.05, 4.69) is 5.32 Å². The van der Waals surface area contributed by atoms with Crippen molar-refractivity contribution in [2.24, 2.45) is 0 Å². The van der Waals surface area contributed by atoms with Crippen LogP contribution in [0.4, 0.5) is 5.69 Å². The number of sulfonamides is 1. The average Bonchev–Trinajstić information content (AvgIpc) is 2.91. The van der Waals surface area contributed by atoms with Crippen molar-refractivity contribution < 1.29 is 17.9 Å². The molecule has 8 nitrogen and oxygen atoms in total. The van der Waals surface area contributed by atoms with Gasteiger partial charge in [0, 0.05) is 24.2 Å². The first-order valence-corrected chi connectivity index (χ1v) is 11.8. The van der Waals surface area contributed by atoms with Crippen molar-refractivity contribution in [3.8, 4) is 5.75 Å². The quantitative estimate of drug-likeness (QED) is 0.746. The minimum absolute atomic E-state index is 0.111. The lowest BCUT2D eigenvalue weighted by Gasteiger charge is -2.21. The SMILES string of the molecule is COc1ccc(S(=O)(=O)N2CCCCCC2)cc1NC(=O)Cn1c(C)csc1=O. The molecule has 0 saturated carbocycles. The van der Waals surface area contributed by atoms with Crippen molar-refractivity contribution in [3.63, 3.8) is 0 Å². The van der Waals surface area contributed by atoms with Crippen LogP contribution in [0.5, 0.6) is 5.75 Å². The Balaban J connectivity index is 1.85. The Labute approximate surface area is 174 Å². The number of carbonyl (C=O) groups excluding carboxylic acids is 1. The van der Waals surface area contributed by atoms with Gasteiger partial charge in [0.1, 0.15) is 12.3 Å². The molecule has 0 unspecified atom stereocenters. The largest absolute Gasteiger partial charge is 0.495 e. The number of aromatic nitrogens is 1. The van der Waals surface area contributed by atoms with E-state index in [0.29, 0.717) is 24.5 Å². The van der Waals surface area contributed by atoms with E-state index in [1.165, 1.54) is 34.2 Å². The molecule has 0 aliphatic carbocycles.